The number of hydrogen-bond donors (Lipinski definition) is 2. The van der Waals surface area contributed by atoms with Gasteiger partial charge in [-0.3, -0.25) is 10.7 Å². The van der Waals surface area contributed by atoms with Crippen LogP contribution in [0.25, 0.3) is 0 Å². The summed E-state index contributed by atoms with van der Waals surface area (Å²) in [6.07, 6.45) is 1.62. The zero-order valence-corrected chi connectivity index (χ0v) is 10.4. The Balaban J connectivity index is 3.27. The summed E-state index contributed by atoms with van der Waals surface area (Å²) in [7, 11) is 0. The standard InChI is InChI=1S/C12H14F2N4/c1-12(2,3)18(11(16)17-7-15)10-5-8(13)4-9(14)6-10/h4-6H,1-3H3,(H2,16,17). The molecule has 0 unspecified atom stereocenters. The van der Waals surface area contributed by atoms with Crippen LogP contribution in [0, 0.1) is 28.5 Å². The second-order valence-electron chi connectivity index (χ2n) is 4.72. The van der Waals surface area contributed by atoms with E-state index in [0.717, 1.165) is 18.2 Å². The first-order valence-corrected chi connectivity index (χ1v) is 5.25. The zero-order chi connectivity index (χ0) is 13.9. The summed E-state index contributed by atoms with van der Waals surface area (Å²) in [5, 5.41) is 18.4. The van der Waals surface area contributed by atoms with Crippen LogP contribution in [0.15, 0.2) is 18.2 Å². The highest BCUT2D eigenvalue weighted by Crippen LogP contribution is 2.25. The van der Waals surface area contributed by atoms with Crippen molar-refractivity contribution in [2.75, 3.05) is 4.90 Å². The van der Waals surface area contributed by atoms with Crippen molar-refractivity contribution in [3.05, 3.63) is 29.8 Å². The summed E-state index contributed by atoms with van der Waals surface area (Å²) in [6, 6.07) is 2.98. The Bertz CT molecular complexity index is 480. The van der Waals surface area contributed by atoms with E-state index in [-0.39, 0.29) is 11.6 Å². The molecule has 0 atom stereocenters. The minimum Gasteiger partial charge on any atom is -0.307 e. The summed E-state index contributed by atoms with van der Waals surface area (Å²) in [5.74, 6) is -1.71. The van der Waals surface area contributed by atoms with Gasteiger partial charge in [0.15, 0.2) is 6.19 Å². The van der Waals surface area contributed by atoms with E-state index in [4.69, 9.17) is 10.7 Å². The minimum absolute atomic E-state index is 0.174. The van der Waals surface area contributed by atoms with Gasteiger partial charge in [0.25, 0.3) is 0 Å². The Morgan fingerprint density at radius 2 is 1.78 bits per heavy atom. The molecule has 96 valence electrons. The molecular formula is C12H14F2N4. The number of anilines is 1. The number of nitrogens with one attached hydrogen (secondary N) is 2. The van der Waals surface area contributed by atoms with Gasteiger partial charge in [-0.05, 0) is 32.9 Å². The summed E-state index contributed by atoms with van der Waals surface area (Å²) in [6.45, 7) is 5.30. The molecule has 0 saturated carbocycles. The molecule has 1 aromatic rings. The van der Waals surface area contributed by atoms with Crippen molar-refractivity contribution < 1.29 is 8.78 Å². The molecule has 2 N–H and O–H groups in total. The smallest absolute Gasteiger partial charge is 0.209 e. The van der Waals surface area contributed by atoms with E-state index < -0.39 is 17.2 Å². The van der Waals surface area contributed by atoms with Gasteiger partial charge in [-0.1, -0.05) is 0 Å². The van der Waals surface area contributed by atoms with Gasteiger partial charge < -0.3 is 4.90 Å². The molecule has 4 nitrogen and oxygen atoms in total. The molecule has 0 heterocycles. The SMILES string of the molecule is CC(C)(C)N(C(=N)NC#N)c1cc(F)cc(F)c1. The highest BCUT2D eigenvalue weighted by atomic mass is 19.1. The van der Waals surface area contributed by atoms with Crippen LogP contribution in [-0.4, -0.2) is 11.5 Å². The minimum atomic E-state index is -0.732. The van der Waals surface area contributed by atoms with Gasteiger partial charge in [-0.15, -0.1) is 0 Å². The largest absolute Gasteiger partial charge is 0.307 e. The Kier molecular flexibility index (Phi) is 3.86. The van der Waals surface area contributed by atoms with Gasteiger partial charge in [0.05, 0.1) is 5.69 Å². The average molecular weight is 252 g/mol. The Morgan fingerprint density at radius 1 is 1.28 bits per heavy atom. The number of benzene rings is 1. The molecule has 0 aliphatic rings. The second-order valence-corrected chi connectivity index (χ2v) is 4.72. The first-order chi connectivity index (χ1) is 8.25. The third-order valence-corrected chi connectivity index (χ3v) is 2.17. The highest BCUT2D eigenvalue weighted by Gasteiger charge is 2.26. The molecule has 0 aliphatic heterocycles. The summed E-state index contributed by atoms with van der Waals surface area (Å²) < 4.78 is 26.4. The summed E-state index contributed by atoms with van der Waals surface area (Å²) in [4.78, 5) is 1.34. The summed E-state index contributed by atoms with van der Waals surface area (Å²) >= 11 is 0. The maximum atomic E-state index is 13.2. The predicted molar refractivity (Wildman–Crippen MR) is 65.1 cm³/mol. The van der Waals surface area contributed by atoms with E-state index in [1.807, 2.05) is 0 Å². The topological polar surface area (TPSA) is 62.9 Å². The number of hydrogen-bond acceptors (Lipinski definition) is 2. The third kappa shape index (κ3) is 3.17. The predicted octanol–water partition coefficient (Wildman–Crippen LogP) is 2.58. The van der Waals surface area contributed by atoms with E-state index in [1.165, 1.54) is 4.90 Å². The molecule has 0 aliphatic carbocycles. The maximum Gasteiger partial charge on any atom is 0.209 e. The van der Waals surface area contributed by atoms with Crippen LogP contribution in [0.3, 0.4) is 0 Å². The molecule has 0 spiro atoms. The van der Waals surface area contributed by atoms with E-state index in [2.05, 4.69) is 5.32 Å². The second kappa shape index (κ2) is 5.00. The molecular weight excluding hydrogens is 238 g/mol. The number of halogens is 2. The molecule has 1 aromatic carbocycles. The maximum absolute atomic E-state index is 13.2. The van der Waals surface area contributed by atoms with Gasteiger partial charge >= 0.3 is 0 Å². The molecule has 1 rings (SSSR count). The van der Waals surface area contributed by atoms with Gasteiger partial charge in [-0.2, -0.15) is 5.26 Å². The van der Waals surface area contributed by atoms with E-state index >= 15 is 0 Å². The van der Waals surface area contributed by atoms with Crippen LogP contribution >= 0.6 is 0 Å². The number of rotatable bonds is 1. The van der Waals surface area contributed by atoms with Gasteiger partial charge in [-0.25, -0.2) is 8.78 Å². The molecule has 0 radical (unpaired) electrons. The first kappa shape index (κ1) is 13.9. The van der Waals surface area contributed by atoms with Gasteiger partial charge in [0.2, 0.25) is 5.96 Å². The molecule has 0 aromatic heterocycles. The summed E-state index contributed by atoms with van der Waals surface area (Å²) in [5.41, 5.74) is -0.436. The van der Waals surface area contributed by atoms with Crippen molar-refractivity contribution in [3.63, 3.8) is 0 Å². The van der Waals surface area contributed by atoms with Gasteiger partial charge in [0, 0.05) is 11.6 Å². The van der Waals surface area contributed by atoms with E-state index in [1.54, 1.807) is 27.0 Å². The van der Waals surface area contributed by atoms with E-state index in [0.29, 0.717) is 0 Å². The normalized spacial score (nSPS) is 10.7. The van der Waals surface area contributed by atoms with Crippen molar-refractivity contribution in [2.45, 2.75) is 26.3 Å². The van der Waals surface area contributed by atoms with Gasteiger partial charge in [0.1, 0.15) is 11.6 Å². The molecule has 0 bridgehead atoms. The quantitative estimate of drug-likeness (QED) is 0.349. The number of guanidine groups is 1. The monoisotopic (exact) mass is 252 g/mol. The van der Waals surface area contributed by atoms with Crippen LogP contribution in [0.2, 0.25) is 0 Å². The van der Waals surface area contributed by atoms with Crippen molar-refractivity contribution >= 4 is 11.6 Å². The number of nitriles is 1. The van der Waals surface area contributed by atoms with Crippen LogP contribution in [-0.2, 0) is 0 Å². The lowest BCUT2D eigenvalue weighted by Gasteiger charge is -2.36. The van der Waals surface area contributed by atoms with Crippen molar-refractivity contribution in [1.82, 2.24) is 5.32 Å². The Morgan fingerprint density at radius 3 is 2.17 bits per heavy atom. The van der Waals surface area contributed by atoms with Crippen molar-refractivity contribution in [2.24, 2.45) is 0 Å². The fraction of sp³-hybridized carbons (Fsp3) is 0.333. The lowest BCUT2D eigenvalue weighted by molar-refractivity contribution is 0.553. The van der Waals surface area contributed by atoms with Crippen LogP contribution < -0.4 is 10.2 Å². The highest BCUT2D eigenvalue weighted by molar-refractivity contribution is 5.95. The molecule has 18 heavy (non-hydrogen) atoms. The van der Waals surface area contributed by atoms with Crippen molar-refractivity contribution in [3.8, 4) is 6.19 Å². The third-order valence-electron chi connectivity index (χ3n) is 2.17. The fourth-order valence-electron chi connectivity index (χ4n) is 1.63. The van der Waals surface area contributed by atoms with Crippen molar-refractivity contribution in [1.29, 1.82) is 10.7 Å². The van der Waals surface area contributed by atoms with Crippen LogP contribution in [0.5, 0.6) is 0 Å². The Labute approximate surface area is 104 Å². The molecule has 0 amide bonds. The van der Waals surface area contributed by atoms with E-state index in [9.17, 15) is 8.78 Å². The fourth-order valence-corrected chi connectivity index (χ4v) is 1.63. The number of nitrogens with zero attached hydrogens (tertiary/aromatic N) is 2. The Hall–Kier alpha value is -2.16. The molecule has 0 fully saturated rings. The average Bonchev–Trinajstić information content (AvgIpc) is 2.13. The molecule has 0 saturated heterocycles. The zero-order valence-electron chi connectivity index (χ0n) is 10.4. The molecule has 6 heteroatoms. The van der Waals surface area contributed by atoms with Crippen LogP contribution in [0.1, 0.15) is 20.8 Å². The lowest BCUT2D eigenvalue weighted by Crippen LogP contribution is -2.50. The first-order valence-electron chi connectivity index (χ1n) is 5.25. The lowest BCUT2D eigenvalue weighted by atomic mass is 10.1. The van der Waals surface area contributed by atoms with Crippen LogP contribution in [0.4, 0.5) is 14.5 Å².